The molecule has 2 aromatic rings. The number of hydrogen-bond donors (Lipinski definition) is 0. The van der Waals surface area contributed by atoms with Crippen LogP contribution in [0, 0.1) is 0 Å². The molecule has 0 aliphatic carbocycles. The first-order chi connectivity index (χ1) is 11.7. The Kier molecular flexibility index (Phi) is 4.89. The molecule has 0 unspecified atom stereocenters. The van der Waals surface area contributed by atoms with Crippen molar-refractivity contribution < 1.29 is 17.9 Å². The molecule has 1 saturated heterocycles. The summed E-state index contributed by atoms with van der Waals surface area (Å²) in [6, 6.07) is 13.0. The van der Waals surface area contributed by atoms with Crippen molar-refractivity contribution in [1.82, 2.24) is 4.90 Å². The van der Waals surface area contributed by atoms with Gasteiger partial charge in [-0.3, -0.25) is 4.90 Å². The van der Waals surface area contributed by atoms with E-state index in [2.05, 4.69) is 18.7 Å². The maximum Gasteiger partial charge on any atom is 0.417 e. The Morgan fingerprint density at radius 3 is 2.36 bits per heavy atom. The number of alkyl halides is 3. The predicted octanol–water partition coefficient (Wildman–Crippen LogP) is 4.98. The van der Waals surface area contributed by atoms with Crippen LogP contribution < -0.4 is 0 Å². The summed E-state index contributed by atoms with van der Waals surface area (Å²) in [6.07, 6.45) is -4.35. The molecule has 0 aromatic heterocycles. The molecule has 0 radical (unpaired) electrons. The average molecular weight is 349 g/mol. The SMILES string of the molecule is CC1(C)CN(Cc2ccc(-c3ccccc3C(F)(F)F)cc2)CCO1. The van der Waals surface area contributed by atoms with Gasteiger partial charge in [0.05, 0.1) is 17.8 Å². The monoisotopic (exact) mass is 349 g/mol. The number of rotatable bonds is 3. The maximum atomic E-state index is 13.2. The molecule has 1 aliphatic rings. The lowest BCUT2D eigenvalue weighted by atomic mass is 9.98. The summed E-state index contributed by atoms with van der Waals surface area (Å²) >= 11 is 0. The Morgan fingerprint density at radius 2 is 1.72 bits per heavy atom. The van der Waals surface area contributed by atoms with E-state index in [1.54, 1.807) is 18.2 Å². The van der Waals surface area contributed by atoms with Gasteiger partial charge in [-0.1, -0.05) is 42.5 Å². The summed E-state index contributed by atoms with van der Waals surface area (Å²) in [4.78, 5) is 2.31. The fourth-order valence-corrected chi connectivity index (χ4v) is 3.28. The minimum absolute atomic E-state index is 0.163. The van der Waals surface area contributed by atoms with Gasteiger partial charge in [0.1, 0.15) is 0 Å². The van der Waals surface area contributed by atoms with Crippen molar-refractivity contribution in [2.75, 3.05) is 19.7 Å². The maximum absolute atomic E-state index is 13.2. The van der Waals surface area contributed by atoms with E-state index >= 15 is 0 Å². The Labute approximate surface area is 146 Å². The van der Waals surface area contributed by atoms with Crippen LogP contribution in [0.25, 0.3) is 11.1 Å². The summed E-state index contributed by atoms with van der Waals surface area (Å²) < 4.78 is 45.2. The van der Waals surface area contributed by atoms with Gasteiger partial charge in [0.25, 0.3) is 0 Å². The number of morpholine rings is 1. The van der Waals surface area contributed by atoms with Crippen molar-refractivity contribution in [3.05, 3.63) is 59.7 Å². The molecule has 134 valence electrons. The summed E-state index contributed by atoms with van der Waals surface area (Å²) in [7, 11) is 0. The molecule has 1 heterocycles. The molecule has 0 bridgehead atoms. The van der Waals surface area contributed by atoms with Gasteiger partial charge in [0.2, 0.25) is 0 Å². The molecular weight excluding hydrogens is 327 g/mol. The number of halogens is 3. The summed E-state index contributed by atoms with van der Waals surface area (Å²) in [6.45, 7) is 7.30. The fraction of sp³-hybridized carbons (Fsp3) is 0.400. The highest BCUT2D eigenvalue weighted by molar-refractivity contribution is 5.68. The molecule has 2 aromatic carbocycles. The zero-order chi connectivity index (χ0) is 18.1. The molecule has 1 aliphatic heterocycles. The molecule has 3 rings (SSSR count). The van der Waals surface area contributed by atoms with Crippen LogP contribution in [0.2, 0.25) is 0 Å². The molecule has 25 heavy (non-hydrogen) atoms. The molecule has 0 atom stereocenters. The lowest BCUT2D eigenvalue weighted by molar-refractivity contribution is -0.137. The van der Waals surface area contributed by atoms with Gasteiger partial charge < -0.3 is 4.74 Å². The van der Waals surface area contributed by atoms with E-state index in [1.807, 2.05) is 12.1 Å². The molecule has 1 fully saturated rings. The lowest BCUT2D eigenvalue weighted by Crippen LogP contribution is -2.47. The van der Waals surface area contributed by atoms with E-state index in [9.17, 15) is 13.2 Å². The minimum Gasteiger partial charge on any atom is -0.373 e. The van der Waals surface area contributed by atoms with Crippen LogP contribution in [-0.4, -0.2) is 30.2 Å². The van der Waals surface area contributed by atoms with Crippen LogP contribution in [0.4, 0.5) is 13.2 Å². The van der Waals surface area contributed by atoms with E-state index in [1.165, 1.54) is 12.1 Å². The number of ether oxygens (including phenoxy) is 1. The van der Waals surface area contributed by atoms with E-state index in [4.69, 9.17) is 4.74 Å². The van der Waals surface area contributed by atoms with Gasteiger partial charge in [-0.15, -0.1) is 0 Å². The molecular formula is C20H22F3NO. The standard InChI is InChI=1S/C20H22F3NO/c1-19(2)14-24(11-12-25-19)13-15-7-9-16(10-8-15)17-5-3-4-6-18(17)20(21,22)23/h3-10H,11-14H2,1-2H3. The number of benzene rings is 2. The van der Waals surface area contributed by atoms with Gasteiger partial charge in [-0.25, -0.2) is 0 Å². The van der Waals surface area contributed by atoms with Crippen LogP contribution in [-0.2, 0) is 17.5 Å². The quantitative estimate of drug-likeness (QED) is 0.775. The molecule has 0 saturated carbocycles. The molecule has 0 amide bonds. The second-order valence-electron chi connectivity index (χ2n) is 7.06. The Hall–Kier alpha value is -1.85. The van der Waals surface area contributed by atoms with Gasteiger partial charge >= 0.3 is 6.18 Å². The van der Waals surface area contributed by atoms with E-state index in [-0.39, 0.29) is 11.2 Å². The van der Waals surface area contributed by atoms with Crippen LogP contribution >= 0.6 is 0 Å². The zero-order valence-electron chi connectivity index (χ0n) is 14.4. The van der Waals surface area contributed by atoms with Crippen LogP contribution in [0.15, 0.2) is 48.5 Å². The second kappa shape index (κ2) is 6.81. The smallest absolute Gasteiger partial charge is 0.373 e. The fourth-order valence-electron chi connectivity index (χ4n) is 3.28. The first kappa shape index (κ1) is 18.0. The highest BCUT2D eigenvalue weighted by Gasteiger charge is 2.33. The molecule has 0 N–H and O–H groups in total. The van der Waals surface area contributed by atoms with Gasteiger partial charge in [0, 0.05) is 19.6 Å². The highest BCUT2D eigenvalue weighted by Crippen LogP contribution is 2.36. The van der Waals surface area contributed by atoms with Crippen molar-refractivity contribution in [3.8, 4) is 11.1 Å². The van der Waals surface area contributed by atoms with Crippen LogP contribution in [0.5, 0.6) is 0 Å². The Morgan fingerprint density at radius 1 is 1.04 bits per heavy atom. The molecule has 5 heteroatoms. The molecule has 0 spiro atoms. The van der Waals surface area contributed by atoms with Crippen molar-refractivity contribution in [2.24, 2.45) is 0 Å². The van der Waals surface area contributed by atoms with E-state index in [0.29, 0.717) is 12.2 Å². The summed E-state index contributed by atoms with van der Waals surface area (Å²) in [5.41, 5.74) is 1.13. The number of hydrogen-bond acceptors (Lipinski definition) is 2. The van der Waals surface area contributed by atoms with Gasteiger partial charge in [0.15, 0.2) is 0 Å². The third-order valence-corrected chi connectivity index (χ3v) is 4.41. The van der Waals surface area contributed by atoms with Crippen molar-refractivity contribution in [3.63, 3.8) is 0 Å². The van der Waals surface area contributed by atoms with Gasteiger partial charge in [-0.05, 0) is 36.6 Å². The lowest BCUT2D eigenvalue weighted by Gasteiger charge is -2.38. The molecule has 2 nitrogen and oxygen atoms in total. The third kappa shape index (κ3) is 4.41. The summed E-state index contributed by atoms with van der Waals surface area (Å²) in [5.74, 6) is 0. The van der Waals surface area contributed by atoms with E-state index in [0.717, 1.165) is 31.3 Å². The Balaban J connectivity index is 1.77. The van der Waals surface area contributed by atoms with Crippen LogP contribution in [0.3, 0.4) is 0 Å². The highest BCUT2D eigenvalue weighted by atomic mass is 19.4. The number of nitrogens with zero attached hydrogens (tertiary/aromatic N) is 1. The largest absolute Gasteiger partial charge is 0.417 e. The average Bonchev–Trinajstić information content (AvgIpc) is 2.54. The van der Waals surface area contributed by atoms with Crippen LogP contribution in [0.1, 0.15) is 25.0 Å². The topological polar surface area (TPSA) is 12.5 Å². The van der Waals surface area contributed by atoms with E-state index < -0.39 is 11.7 Å². The summed E-state index contributed by atoms with van der Waals surface area (Å²) in [5, 5.41) is 0. The van der Waals surface area contributed by atoms with Crippen molar-refractivity contribution in [2.45, 2.75) is 32.2 Å². The first-order valence-electron chi connectivity index (χ1n) is 8.36. The normalized spacial score (nSPS) is 18.3. The first-order valence-corrected chi connectivity index (χ1v) is 8.36. The van der Waals surface area contributed by atoms with Crippen molar-refractivity contribution >= 4 is 0 Å². The minimum atomic E-state index is -4.35. The third-order valence-electron chi connectivity index (χ3n) is 4.41. The second-order valence-corrected chi connectivity index (χ2v) is 7.06. The Bertz CT molecular complexity index is 722. The zero-order valence-corrected chi connectivity index (χ0v) is 14.4. The van der Waals surface area contributed by atoms with Gasteiger partial charge in [-0.2, -0.15) is 13.2 Å². The van der Waals surface area contributed by atoms with Crippen molar-refractivity contribution in [1.29, 1.82) is 0 Å². The predicted molar refractivity (Wildman–Crippen MR) is 92.2 cm³/mol.